The number of benzene rings is 5. The highest BCUT2D eigenvalue weighted by Crippen LogP contribution is 2.48. The zero-order valence-corrected chi connectivity index (χ0v) is 40.8. The third-order valence-corrected chi connectivity index (χ3v) is 13.5. The zero-order valence-electron chi connectivity index (χ0n) is 39.2. The van der Waals surface area contributed by atoms with Gasteiger partial charge in [0.1, 0.15) is 43.1 Å². The Balaban J connectivity index is 0.948. The first-order valence-electron chi connectivity index (χ1n) is 22.5. The third kappa shape index (κ3) is 9.25. The van der Waals surface area contributed by atoms with Crippen molar-refractivity contribution in [1.29, 1.82) is 0 Å². The Morgan fingerprint density at radius 1 is 0.740 bits per heavy atom. The molecule has 2 atom stereocenters. The average molecular weight is 1020 g/mol. The molecule has 2 unspecified atom stereocenters. The second-order valence-corrected chi connectivity index (χ2v) is 18.5. The van der Waals surface area contributed by atoms with Crippen molar-refractivity contribution in [3.05, 3.63) is 192 Å². The van der Waals surface area contributed by atoms with Crippen LogP contribution in [0.2, 0.25) is 10.0 Å². The summed E-state index contributed by atoms with van der Waals surface area (Å²) in [6, 6.07) is 22.3. The van der Waals surface area contributed by atoms with E-state index in [-0.39, 0.29) is 79.2 Å². The van der Waals surface area contributed by atoms with Gasteiger partial charge in [0.2, 0.25) is 5.36 Å². The lowest BCUT2D eigenvalue weighted by Crippen LogP contribution is -2.35. The molecule has 2 amide bonds. The highest BCUT2D eigenvalue weighted by atomic mass is 35.5. The monoisotopic (exact) mass is 1020 g/mol. The van der Waals surface area contributed by atoms with Gasteiger partial charge in [-0.05, 0) is 77.4 Å². The number of fused-ring (bicyclic) bond motifs is 4. The second-order valence-electron chi connectivity index (χ2n) is 17.7. The fraction of sp³-hybridized carbons (Fsp3) is 0.145. The molecule has 0 radical (unpaired) electrons. The van der Waals surface area contributed by atoms with E-state index in [1.807, 2.05) is 74.1 Å². The zero-order chi connectivity index (χ0) is 52.2. The molecule has 0 fully saturated rings. The summed E-state index contributed by atoms with van der Waals surface area (Å²) in [5.41, 5.74) is 3.21. The van der Waals surface area contributed by atoms with E-state index in [2.05, 4.69) is 10.6 Å². The number of carboxylic acid groups (broad SMARTS) is 3. The SMILES string of the molecule is CN(C)c1ccc2c(-c3c(Cl)cc(C(=O)NCc4ccc(C(=O)NCC5=C6OC7C=C(O)C=CC7=C(c7ccc(C(=O)O)cc7C(=O)O)C6C=CC5=O)cc4)c(Cl)c3C(=O)O)c3ccc(=[N+](C)C)cc-3oc2c1. The maximum atomic E-state index is 13.8. The molecule has 0 saturated carbocycles. The molecular weight excluding hydrogens is 980 g/mol. The highest BCUT2D eigenvalue weighted by Gasteiger charge is 2.40. The van der Waals surface area contributed by atoms with Crippen molar-refractivity contribution in [3.8, 4) is 22.5 Å². The van der Waals surface area contributed by atoms with E-state index in [0.717, 1.165) is 17.1 Å². The summed E-state index contributed by atoms with van der Waals surface area (Å²) in [6.45, 7) is -0.370. The van der Waals surface area contributed by atoms with E-state index in [1.165, 1.54) is 54.6 Å². The van der Waals surface area contributed by atoms with Gasteiger partial charge < -0.3 is 45.1 Å². The molecule has 0 spiro atoms. The van der Waals surface area contributed by atoms with Gasteiger partial charge in [-0.1, -0.05) is 53.6 Å². The van der Waals surface area contributed by atoms with Crippen LogP contribution in [0.4, 0.5) is 5.69 Å². The van der Waals surface area contributed by atoms with Crippen LogP contribution in [0.5, 0.6) is 0 Å². The standard InChI is InChI=1S/C55H42Cl2N4O12/c1-60(2)29-10-14-34-42(20-29)72-43-21-30(61(3)4)11-15-35(43)46(34)47-40(56)23-38(49(57)48(47)55(70)71)52(65)58-24-26-5-7-27(8-6-26)51(64)59-25-39-41(63)18-17-36-45(33-16-12-31(62)22-44(33)73-50(36)39)32-13-9-28(53(66)67)19-37(32)54(68)69/h5-23,36,44H,24-25H2,1-4H3,(H5-,58,59,62,64,65,66,67,68,69,70,71)/p+1. The lowest BCUT2D eigenvalue weighted by molar-refractivity contribution is -0.111. The minimum Gasteiger partial charge on any atom is -0.508 e. The van der Waals surface area contributed by atoms with Gasteiger partial charge in [-0.2, -0.15) is 0 Å². The summed E-state index contributed by atoms with van der Waals surface area (Å²) in [4.78, 5) is 80.1. The number of nitrogens with one attached hydrogen (secondary N) is 2. The number of amides is 2. The lowest BCUT2D eigenvalue weighted by atomic mass is 9.76. The first kappa shape index (κ1) is 49.3. The Hall–Kier alpha value is -8.73. The number of halogens is 2. The summed E-state index contributed by atoms with van der Waals surface area (Å²) in [6.07, 6.45) is 6.22. The number of ether oxygens (including phenoxy) is 1. The minimum absolute atomic E-state index is 0.0406. The average Bonchev–Trinajstić information content (AvgIpc) is 3.36. The highest BCUT2D eigenvalue weighted by molar-refractivity contribution is 6.41. The molecule has 0 saturated heterocycles. The van der Waals surface area contributed by atoms with E-state index < -0.39 is 47.5 Å². The number of aliphatic hydroxyl groups is 1. The Kier molecular flexibility index (Phi) is 13.1. The Labute approximate surface area is 425 Å². The molecule has 368 valence electrons. The lowest BCUT2D eigenvalue weighted by Gasteiger charge is -2.37. The van der Waals surface area contributed by atoms with Crippen LogP contribution < -0.4 is 25.5 Å². The number of carboxylic acids is 3. The molecule has 6 N–H and O–H groups in total. The smallest absolute Gasteiger partial charge is 0.337 e. The number of allylic oxidation sites excluding steroid dienone is 3. The fourth-order valence-electron chi connectivity index (χ4n) is 9.12. The van der Waals surface area contributed by atoms with Crippen LogP contribution in [0.15, 0.2) is 142 Å². The van der Waals surface area contributed by atoms with Crippen molar-refractivity contribution in [2.75, 3.05) is 39.6 Å². The number of aromatic carboxylic acids is 3. The Bertz CT molecular complexity index is 3630. The Morgan fingerprint density at radius 3 is 2.14 bits per heavy atom. The van der Waals surface area contributed by atoms with Crippen LogP contribution in [0.25, 0.3) is 39.0 Å². The van der Waals surface area contributed by atoms with Gasteiger partial charge in [0.15, 0.2) is 5.78 Å². The summed E-state index contributed by atoms with van der Waals surface area (Å²) >= 11 is 13.9. The summed E-state index contributed by atoms with van der Waals surface area (Å²) in [5.74, 6) is -6.28. The van der Waals surface area contributed by atoms with Crippen molar-refractivity contribution in [2.24, 2.45) is 5.92 Å². The number of rotatable bonds is 12. The molecule has 9 rings (SSSR count). The van der Waals surface area contributed by atoms with Gasteiger partial charge in [-0.25, -0.2) is 19.0 Å². The van der Waals surface area contributed by atoms with Crippen LogP contribution in [-0.4, -0.2) is 96.8 Å². The molecule has 5 aliphatic rings. The predicted molar refractivity (Wildman–Crippen MR) is 273 cm³/mol. The summed E-state index contributed by atoms with van der Waals surface area (Å²) in [5, 5.41) is 47.4. The van der Waals surface area contributed by atoms with Gasteiger partial charge >= 0.3 is 17.9 Å². The summed E-state index contributed by atoms with van der Waals surface area (Å²) < 4.78 is 14.6. The molecule has 2 heterocycles. The molecular formula is C55H43Cl2N4O12+. The first-order chi connectivity index (χ1) is 34.8. The van der Waals surface area contributed by atoms with Crippen LogP contribution in [-0.2, 0) is 16.1 Å². The molecule has 2 aliphatic heterocycles. The van der Waals surface area contributed by atoms with E-state index in [9.17, 15) is 49.2 Å². The third-order valence-electron chi connectivity index (χ3n) is 12.8. The van der Waals surface area contributed by atoms with Gasteiger partial charge in [-0.3, -0.25) is 14.4 Å². The number of ketones is 1. The second kappa shape index (κ2) is 19.5. The van der Waals surface area contributed by atoms with Crippen molar-refractivity contribution < 1.29 is 58.3 Å². The van der Waals surface area contributed by atoms with Crippen molar-refractivity contribution in [1.82, 2.24) is 15.2 Å². The molecule has 3 aliphatic carbocycles. The van der Waals surface area contributed by atoms with E-state index in [4.69, 9.17) is 32.4 Å². The molecule has 0 bridgehead atoms. The van der Waals surface area contributed by atoms with Crippen LogP contribution in [0.3, 0.4) is 0 Å². The number of hydrogen-bond donors (Lipinski definition) is 6. The number of hydrogen-bond acceptors (Lipinski definition) is 10. The number of carbonyl (C=O) groups is 6. The molecule has 4 aromatic carbocycles. The maximum absolute atomic E-state index is 13.8. The quantitative estimate of drug-likeness (QED) is 0.0501. The molecule has 73 heavy (non-hydrogen) atoms. The molecule has 0 aromatic heterocycles. The van der Waals surface area contributed by atoms with Crippen molar-refractivity contribution in [2.45, 2.75) is 12.6 Å². The number of carbonyl (C=O) groups excluding carboxylic acids is 3. The molecule has 16 nitrogen and oxygen atoms in total. The van der Waals surface area contributed by atoms with Crippen LogP contribution in [0, 0.1) is 5.92 Å². The largest absolute Gasteiger partial charge is 0.508 e. The Morgan fingerprint density at radius 2 is 1.45 bits per heavy atom. The number of nitrogens with zero attached hydrogens (tertiary/aromatic N) is 2. The van der Waals surface area contributed by atoms with Gasteiger partial charge in [0, 0.05) is 77.7 Å². The van der Waals surface area contributed by atoms with Crippen LogP contribution >= 0.6 is 23.2 Å². The minimum atomic E-state index is -1.41. The first-order valence-corrected chi connectivity index (χ1v) is 23.2. The van der Waals surface area contributed by atoms with Gasteiger partial charge in [0.05, 0.1) is 56.4 Å². The fourth-order valence-corrected chi connectivity index (χ4v) is 9.73. The normalized spacial score (nSPS) is 15.9. The van der Waals surface area contributed by atoms with E-state index >= 15 is 0 Å². The molecule has 18 heteroatoms. The van der Waals surface area contributed by atoms with Crippen molar-refractivity contribution in [3.63, 3.8) is 0 Å². The van der Waals surface area contributed by atoms with E-state index in [0.29, 0.717) is 44.6 Å². The van der Waals surface area contributed by atoms with Crippen LogP contribution in [0.1, 0.15) is 62.9 Å². The molecule has 4 aromatic rings. The number of aliphatic hydroxyl groups excluding tert-OH is 1. The topological polar surface area (TPSA) is 236 Å². The van der Waals surface area contributed by atoms with Gasteiger partial charge in [-0.15, -0.1) is 0 Å². The van der Waals surface area contributed by atoms with Gasteiger partial charge in [0.25, 0.3) is 11.8 Å². The summed E-state index contributed by atoms with van der Waals surface area (Å²) in [7, 11) is 7.54. The van der Waals surface area contributed by atoms with E-state index in [1.54, 1.807) is 18.2 Å². The predicted octanol–water partition coefficient (Wildman–Crippen LogP) is 8.24. The van der Waals surface area contributed by atoms with Crippen molar-refractivity contribution >= 4 is 80.9 Å². The number of anilines is 1. The maximum Gasteiger partial charge on any atom is 0.337 e.